The number of urea groups is 1. The molecule has 0 fully saturated rings. The zero-order valence-corrected chi connectivity index (χ0v) is 14.3. The molecule has 0 saturated heterocycles. The van der Waals surface area contributed by atoms with Crippen LogP contribution < -0.4 is 15.0 Å². The number of carbonyl (C=O) groups excluding carboxylic acids is 2. The molecular formula is C21H18N2O3. The fourth-order valence-corrected chi connectivity index (χ4v) is 2.55. The second-order valence-corrected chi connectivity index (χ2v) is 5.47. The van der Waals surface area contributed by atoms with Crippen molar-refractivity contribution in [3.8, 4) is 5.75 Å². The fraction of sp³-hybridized carbons (Fsp3) is 0.0476. The van der Waals surface area contributed by atoms with Crippen molar-refractivity contribution in [2.75, 3.05) is 17.3 Å². The number of methoxy groups -OCH3 is 1. The molecule has 0 spiro atoms. The molecule has 26 heavy (non-hydrogen) atoms. The van der Waals surface area contributed by atoms with Gasteiger partial charge in [0.05, 0.1) is 18.4 Å². The Balaban J connectivity index is 1.98. The van der Waals surface area contributed by atoms with Gasteiger partial charge in [-0.15, -0.1) is 0 Å². The molecule has 3 aromatic carbocycles. The minimum atomic E-state index is -0.543. The molecule has 3 amide bonds. The zero-order valence-electron chi connectivity index (χ0n) is 14.3. The minimum Gasteiger partial charge on any atom is -0.496 e. The van der Waals surface area contributed by atoms with E-state index in [-0.39, 0.29) is 0 Å². The third-order valence-electron chi connectivity index (χ3n) is 3.78. The first-order valence-corrected chi connectivity index (χ1v) is 8.09. The molecule has 0 saturated carbocycles. The van der Waals surface area contributed by atoms with Crippen LogP contribution in [0.15, 0.2) is 84.9 Å². The lowest BCUT2D eigenvalue weighted by Gasteiger charge is -2.22. The maximum Gasteiger partial charge on any atom is 0.333 e. The van der Waals surface area contributed by atoms with E-state index in [0.29, 0.717) is 22.7 Å². The van der Waals surface area contributed by atoms with E-state index in [4.69, 9.17) is 4.74 Å². The Morgan fingerprint density at radius 1 is 0.808 bits per heavy atom. The number of hydrogen-bond acceptors (Lipinski definition) is 3. The van der Waals surface area contributed by atoms with Gasteiger partial charge >= 0.3 is 6.03 Å². The summed E-state index contributed by atoms with van der Waals surface area (Å²) in [6, 6.07) is 24.0. The van der Waals surface area contributed by atoms with Crippen molar-refractivity contribution in [2.45, 2.75) is 0 Å². The van der Waals surface area contributed by atoms with Crippen molar-refractivity contribution in [1.82, 2.24) is 0 Å². The third kappa shape index (κ3) is 3.72. The molecule has 0 heterocycles. The number of rotatable bonds is 4. The van der Waals surface area contributed by atoms with Crippen LogP contribution in [0.1, 0.15) is 10.4 Å². The van der Waals surface area contributed by atoms with E-state index in [1.165, 1.54) is 7.11 Å². The molecule has 0 aliphatic carbocycles. The van der Waals surface area contributed by atoms with Crippen molar-refractivity contribution >= 4 is 23.3 Å². The van der Waals surface area contributed by atoms with Gasteiger partial charge in [0.1, 0.15) is 5.75 Å². The highest BCUT2D eigenvalue weighted by Crippen LogP contribution is 2.24. The molecule has 0 radical (unpaired) electrons. The van der Waals surface area contributed by atoms with Gasteiger partial charge in [0.15, 0.2) is 0 Å². The second kappa shape index (κ2) is 7.98. The lowest BCUT2D eigenvalue weighted by Crippen LogP contribution is -2.40. The van der Waals surface area contributed by atoms with E-state index >= 15 is 0 Å². The summed E-state index contributed by atoms with van der Waals surface area (Å²) in [6.07, 6.45) is 0. The number of imide groups is 1. The summed E-state index contributed by atoms with van der Waals surface area (Å²) in [5.74, 6) is -0.0620. The summed E-state index contributed by atoms with van der Waals surface area (Å²) in [7, 11) is 1.49. The molecule has 0 aliphatic heterocycles. The Labute approximate surface area is 151 Å². The third-order valence-corrected chi connectivity index (χ3v) is 3.78. The molecule has 0 unspecified atom stereocenters. The van der Waals surface area contributed by atoms with Crippen LogP contribution >= 0.6 is 0 Å². The van der Waals surface area contributed by atoms with Crippen LogP contribution in [-0.2, 0) is 0 Å². The van der Waals surface area contributed by atoms with Gasteiger partial charge in [-0.2, -0.15) is 0 Å². The van der Waals surface area contributed by atoms with E-state index in [9.17, 15) is 9.59 Å². The number of para-hydroxylation sites is 3. The van der Waals surface area contributed by atoms with Crippen LogP contribution in [-0.4, -0.2) is 19.0 Å². The Hall–Kier alpha value is -3.60. The number of hydrogen-bond donors (Lipinski definition) is 1. The first-order chi connectivity index (χ1) is 12.7. The SMILES string of the molecule is COc1ccccc1C(=O)N(C(=O)Nc1ccccc1)c1ccccc1. The molecule has 0 aromatic heterocycles. The summed E-state index contributed by atoms with van der Waals surface area (Å²) < 4.78 is 5.27. The number of nitrogens with zero attached hydrogens (tertiary/aromatic N) is 1. The lowest BCUT2D eigenvalue weighted by molar-refractivity contribution is 0.0993. The van der Waals surface area contributed by atoms with Crippen LogP contribution in [0.3, 0.4) is 0 Å². The van der Waals surface area contributed by atoms with Gasteiger partial charge < -0.3 is 10.1 Å². The fourth-order valence-electron chi connectivity index (χ4n) is 2.55. The molecular weight excluding hydrogens is 328 g/mol. The van der Waals surface area contributed by atoms with Gasteiger partial charge in [0, 0.05) is 5.69 Å². The van der Waals surface area contributed by atoms with Gasteiger partial charge in [-0.3, -0.25) is 4.79 Å². The molecule has 130 valence electrons. The predicted molar refractivity (Wildman–Crippen MR) is 102 cm³/mol. The van der Waals surface area contributed by atoms with Crippen molar-refractivity contribution in [1.29, 1.82) is 0 Å². The molecule has 0 atom stereocenters. The van der Waals surface area contributed by atoms with E-state index in [2.05, 4.69) is 5.32 Å². The number of benzene rings is 3. The van der Waals surface area contributed by atoms with Crippen LogP contribution in [0.4, 0.5) is 16.2 Å². The maximum absolute atomic E-state index is 13.1. The molecule has 1 N–H and O–H groups in total. The van der Waals surface area contributed by atoms with Crippen LogP contribution in [0.2, 0.25) is 0 Å². The van der Waals surface area contributed by atoms with E-state index in [1.807, 2.05) is 24.3 Å². The number of carbonyl (C=O) groups is 2. The summed E-state index contributed by atoms with van der Waals surface area (Å²) >= 11 is 0. The maximum atomic E-state index is 13.1. The first-order valence-electron chi connectivity index (χ1n) is 8.09. The van der Waals surface area contributed by atoms with Crippen LogP contribution in [0.5, 0.6) is 5.75 Å². The van der Waals surface area contributed by atoms with Gasteiger partial charge in [-0.1, -0.05) is 48.5 Å². The summed E-state index contributed by atoms with van der Waals surface area (Å²) in [5.41, 5.74) is 1.38. The minimum absolute atomic E-state index is 0.307. The Kier molecular flexibility index (Phi) is 5.29. The highest BCUT2D eigenvalue weighted by Gasteiger charge is 2.27. The molecule has 0 bridgehead atoms. The molecule has 5 nitrogen and oxygen atoms in total. The molecule has 3 aromatic rings. The standard InChI is InChI=1S/C21H18N2O3/c1-26-19-15-9-8-14-18(19)20(24)23(17-12-6-3-7-13-17)21(25)22-16-10-4-2-5-11-16/h2-15H,1H3,(H,22,25). The average Bonchev–Trinajstić information content (AvgIpc) is 2.69. The van der Waals surface area contributed by atoms with Crippen LogP contribution in [0, 0.1) is 0 Å². The highest BCUT2D eigenvalue weighted by atomic mass is 16.5. The van der Waals surface area contributed by atoms with Crippen LogP contribution in [0.25, 0.3) is 0 Å². The van der Waals surface area contributed by atoms with E-state index in [1.54, 1.807) is 60.7 Å². The number of anilines is 2. The van der Waals surface area contributed by atoms with Crippen molar-refractivity contribution in [3.63, 3.8) is 0 Å². The van der Waals surface area contributed by atoms with Gasteiger partial charge in [-0.25, -0.2) is 9.69 Å². The lowest BCUT2D eigenvalue weighted by atomic mass is 10.1. The van der Waals surface area contributed by atoms with Crippen molar-refractivity contribution in [2.24, 2.45) is 0 Å². The normalized spacial score (nSPS) is 10.0. The topological polar surface area (TPSA) is 58.6 Å². The quantitative estimate of drug-likeness (QED) is 0.752. The first kappa shape index (κ1) is 17.2. The summed E-state index contributed by atoms with van der Waals surface area (Å²) in [5, 5.41) is 2.75. The molecule has 0 aliphatic rings. The summed E-state index contributed by atoms with van der Waals surface area (Å²) in [6.45, 7) is 0. The molecule has 5 heteroatoms. The second-order valence-electron chi connectivity index (χ2n) is 5.47. The zero-order chi connectivity index (χ0) is 18.4. The Morgan fingerprint density at radius 3 is 2.04 bits per heavy atom. The highest BCUT2D eigenvalue weighted by molar-refractivity contribution is 6.24. The Morgan fingerprint density at radius 2 is 1.38 bits per heavy atom. The number of amides is 3. The van der Waals surface area contributed by atoms with Crippen molar-refractivity contribution < 1.29 is 14.3 Å². The van der Waals surface area contributed by atoms with Gasteiger partial charge in [0.25, 0.3) is 5.91 Å². The Bertz CT molecular complexity index is 895. The van der Waals surface area contributed by atoms with Crippen molar-refractivity contribution in [3.05, 3.63) is 90.5 Å². The largest absolute Gasteiger partial charge is 0.496 e. The van der Waals surface area contributed by atoms with Gasteiger partial charge in [-0.05, 0) is 36.4 Å². The smallest absolute Gasteiger partial charge is 0.333 e. The average molecular weight is 346 g/mol. The molecule has 3 rings (SSSR count). The number of nitrogens with one attached hydrogen (secondary N) is 1. The van der Waals surface area contributed by atoms with Gasteiger partial charge in [0.2, 0.25) is 0 Å². The monoisotopic (exact) mass is 346 g/mol. The van der Waals surface area contributed by atoms with E-state index < -0.39 is 11.9 Å². The van der Waals surface area contributed by atoms with E-state index in [0.717, 1.165) is 4.90 Å². The predicted octanol–water partition coefficient (Wildman–Crippen LogP) is 4.57. The summed E-state index contributed by atoms with van der Waals surface area (Å²) in [4.78, 5) is 27.1. The number of ether oxygens (including phenoxy) is 1.